The minimum Gasteiger partial charge on any atom is -0.499 e. The maximum absolute atomic E-state index is 11.2. The van der Waals surface area contributed by atoms with Gasteiger partial charge < -0.3 is 9.84 Å². The van der Waals surface area contributed by atoms with Crippen LogP contribution in [0.1, 0.15) is 35.1 Å². The molecule has 1 atom stereocenters. The maximum atomic E-state index is 11.2. The van der Waals surface area contributed by atoms with Gasteiger partial charge in [0, 0.05) is 18.7 Å². The molecule has 4 heteroatoms. The molecule has 1 fully saturated rings. The van der Waals surface area contributed by atoms with Crippen molar-refractivity contribution in [3.63, 3.8) is 0 Å². The van der Waals surface area contributed by atoms with E-state index in [1.165, 1.54) is 22.3 Å². The third kappa shape index (κ3) is 5.02. The van der Waals surface area contributed by atoms with Crippen LogP contribution in [0.15, 0.2) is 54.8 Å². The number of piperidine rings is 1. The van der Waals surface area contributed by atoms with Crippen molar-refractivity contribution in [2.75, 3.05) is 26.2 Å². The highest BCUT2D eigenvalue weighted by Gasteiger charge is 2.24. The van der Waals surface area contributed by atoms with Gasteiger partial charge in [0.1, 0.15) is 6.61 Å². The Morgan fingerprint density at radius 3 is 2.29 bits per heavy atom. The number of hydrogen-bond donors (Lipinski definition) is 1. The van der Waals surface area contributed by atoms with E-state index < -0.39 is 5.97 Å². The maximum Gasteiger partial charge on any atom is 0.307 e. The van der Waals surface area contributed by atoms with Gasteiger partial charge in [0.2, 0.25) is 0 Å². The number of ether oxygens (including phenoxy) is 1. The van der Waals surface area contributed by atoms with Crippen molar-refractivity contribution in [3.05, 3.63) is 77.0 Å². The van der Waals surface area contributed by atoms with Crippen molar-refractivity contribution in [1.82, 2.24) is 4.90 Å². The fraction of sp³-hybridized carbons (Fsp3) is 0.375. The summed E-state index contributed by atoms with van der Waals surface area (Å²) >= 11 is 0. The van der Waals surface area contributed by atoms with E-state index in [9.17, 15) is 9.90 Å². The number of aryl methyl sites for hydroxylation is 2. The van der Waals surface area contributed by atoms with Crippen LogP contribution in [-0.4, -0.2) is 42.2 Å². The molecule has 0 amide bonds. The lowest BCUT2D eigenvalue weighted by Gasteiger charge is -2.30. The zero-order valence-corrected chi connectivity index (χ0v) is 16.7. The third-order valence-electron chi connectivity index (χ3n) is 5.45. The highest BCUT2D eigenvalue weighted by atomic mass is 16.5. The molecule has 0 radical (unpaired) electrons. The Balaban J connectivity index is 1.71. The number of hydrogen-bond acceptors (Lipinski definition) is 3. The molecule has 1 saturated heterocycles. The quantitative estimate of drug-likeness (QED) is 0.568. The Morgan fingerprint density at radius 1 is 1.11 bits per heavy atom. The van der Waals surface area contributed by atoms with Gasteiger partial charge in [0.15, 0.2) is 0 Å². The van der Waals surface area contributed by atoms with E-state index in [2.05, 4.69) is 43.0 Å². The van der Waals surface area contributed by atoms with Crippen molar-refractivity contribution >= 4 is 11.5 Å². The summed E-state index contributed by atoms with van der Waals surface area (Å²) in [7, 11) is 0. The molecule has 1 heterocycles. The van der Waals surface area contributed by atoms with E-state index in [4.69, 9.17) is 4.74 Å². The first-order valence-electron chi connectivity index (χ1n) is 9.95. The van der Waals surface area contributed by atoms with Gasteiger partial charge in [-0.1, -0.05) is 48.5 Å². The van der Waals surface area contributed by atoms with Gasteiger partial charge in [-0.25, -0.2) is 0 Å². The van der Waals surface area contributed by atoms with Crippen LogP contribution in [0.2, 0.25) is 0 Å². The van der Waals surface area contributed by atoms with Crippen LogP contribution in [-0.2, 0) is 9.53 Å². The second-order valence-corrected chi connectivity index (χ2v) is 7.51. The van der Waals surface area contributed by atoms with Crippen molar-refractivity contribution in [1.29, 1.82) is 0 Å². The van der Waals surface area contributed by atoms with E-state index in [1.54, 1.807) is 0 Å². The van der Waals surface area contributed by atoms with Crippen molar-refractivity contribution in [2.24, 2.45) is 5.92 Å². The minimum atomic E-state index is -0.688. The summed E-state index contributed by atoms with van der Waals surface area (Å²) in [6.07, 6.45) is 3.57. The molecule has 28 heavy (non-hydrogen) atoms. The van der Waals surface area contributed by atoms with Gasteiger partial charge in [-0.05, 0) is 55.5 Å². The van der Waals surface area contributed by atoms with Crippen LogP contribution in [0.5, 0.6) is 0 Å². The zero-order chi connectivity index (χ0) is 19.9. The molecule has 3 rings (SSSR count). The van der Waals surface area contributed by atoms with Gasteiger partial charge in [0.05, 0.1) is 12.2 Å². The number of benzene rings is 2. The molecular formula is C24H29NO3. The molecule has 148 valence electrons. The molecule has 0 aromatic heterocycles. The predicted molar refractivity (Wildman–Crippen MR) is 112 cm³/mol. The molecule has 2 aromatic rings. The van der Waals surface area contributed by atoms with Crippen LogP contribution in [0, 0.1) is 19.8 Å². The van der Waals surface area contributed by atoms with Crippen LogP contribution in [0.3, 0.4) is 0 Å². The van der Waals surface area contributed by atoms with Crippen molar-refractivity contribution < 1.29 is 14.6 Å². The summed E-state index contributed by atoms with van der Waals surface area (Å²) in [5.41, 5.74) is 5.83. The Morgan fingerprint density at radius 2 is 1.71 bits per heavy atom. The van der Waals surface area contributed by atoms with Crippen molar-refractivity contribution in [3.8, 4) is 0 Å². The molecule has 0 bridgehead atoms. The summed E-state index contributed by atoms with van der Waals surface area (Å²) in [6.45, 7) is 7.08. The monoisotopic (exact) mass is 379 g/mol. The lowest BCUT2D eigenvalue weighted by molar-refractivity contribution is -0.143. The van der Waals surface area contributed by atoms with Crippen LogP contribution in [0.4, 0.5) is 0 Å². The van der Waals surface area contributed by atoms with Crippen molar-refractivity contribution in [2.45, 2.75) is 26.7 Å². The van der Waals surface area contributed by atoms with E-state index in [0.29, 0.717) is 13.2 Å². The Bertz CT molecular complexity index is 796. The van der Waals surface area contributed by atoms with E-state index in [1.807, 2.05) is 30.5 Å². The molecule has 1 aliphatic rings. The van der Waals surface area contributed by atoms with Crippen LogP contribution in [0.25, 0.3) is 5.57 Å². The largest absolute Gasteiger partial charge is 0.499 e. The first kappa shape index (κ1) is 20.2. The second kappa shape index (κ2) is 9.56. The summed E-state index contributed by atoms with van der Waals surface area (Å²) in [6, 6.07) is 16.7. The summed E-state index contributed by atoms with van der Waals surface area (Å²) in [5, 5.41) is 9.24. The molecule has 4 nitrogen and oxygen atoms in total. The standard InChI is InChI=1S/C24H29NO3/c1-18-8-3-5-11-21(18)23(22-12-6-4-9-19(22)2)17-28-15-14-25-13-7-10-20(16-25)24(26)27/h3-6,8-9,11-12,17,20H,7,10,13-16H2,1-2H3,(H,26,27)/t20-/m1/s1. The van der Waals surface area contributed by atoms with E-state index >= 15 is 0 Å². The number of likely N-dealkylation sites (tertiary alicyclic amines) is 1. The fourth-order valence-corrected chi connectivity index (χ4v) is 3.81. The van der Waals surface area contributed by atoms with Gasteiger partial charge in [0.25, 0.3) is 0 Å². The average molecular weight is 380 g/mol. The summed E-state index contributed by atoms with van der Waals surface area (Å²) < 4.78 is 5.96. The van der Waals surface area contributed by atoms with E-state index in [0.717, 1.165) is 31.5 Å². The lowest BCUT2D eigenvalue weighted by Crippen LogP contribution is -2.40. The van der Waals surface area contributed by atoms with Crippen LogP contribution < -0.4 is 0 Å². The number of rotatable bonds is 7. The molecular weight excluding hydrogens is 350 g/mol. The molecule has 0 unspecified atom stereocenters. The van der Waals surface area contributed by atoms with Gasteiger partial charge >= 0.3 is 5.97 Å². The number of nitrogens with zero attached hydrogens (tertiary/aromatic N) is 1. The smallest absolute Gasteiger partial charge is 0.307 e. The summed E-state index contributed by atoms with van der Waals surface area (Å²) in [4.78, 5) is 13.4. The first-order valence-corrected chi connectivity index (χ1v) is 9.95. The molecule has 0 spiro atoms. The normalized spacial score (nSPS) is 17.1. The molecule has 0 saturated carbocycles. The Kier molecular flexibility index (Phi) is 6.88. The first-order chi connectivity index (χ1) is 13.6. The zero-order valence-electron chi connectivity index (χ0n) is 16.7. The number of carboxylic acids is 1. The highest BCUT2D eigenvalue weighted by molar-refractivity contribution is 5.82. The fourth-order valence-electron chi connectivity index (χ4n) is 3.81. The molecule has 1 N–H and O–H groups in total. The molecule has 1 aliphatic heterocycles. The number of carbonyl (C=O) groups is 1. The minimum absolute atomic E-state index is 0.251. The second-order valence-electron chi connectivity index (χ2n) is 7.51. The molecule has 2 aromatic carbocycles. The van der Waals surface area contributed by atoms with Crippen LogP contribution >= 0.6 is 0 Å². The average Bonchev–Trinajstić information content (AvgIpc) is 2.70. The lowest BCUT2D eigenvalue weighted by atomic mass is 9.93. The number of aliphatic carboxylic acids is 1. The Hall–Kier alpha value is -2.59. The predicted octanol–water partition coefficient (Wildman–Crippen LogP) is 4.51. The Labute approximate surface area is 167 Å². The van der Waals surface area contributed by atoms with Gasteiger partial charge in [-0.2, -0.15) is 0 Å². The SMILES string of the molecule is Cc1ccccc1C(=COCCN1CCC[C@@H](C(=O)O)C1)c1ccccc1C. The summed E-state index contributed by atoms with van der Waals surface area (Å²) in [5.74, 6) is -0.939. The molecule has 0 aliphatic carbocycles. The van der Waals surface area contributed by atoms with Gasteiger partial charge in [-0.3, -0.25) is 9.69 Å². The van der Waals surface area contributed by atoms with E-state index in [-0.39, 0.29) is 5.92 Å². The highest BCUT2D eigenvalue weighted by Crippen LogP contribution is 2.28. The number of carboxylic acid groups (broad SMARTS) is 1. The van der Waals surface area contributed by atoms with Gasteiger partial charge in [-0.15, -0.1) is 0 Å². The third-order valence-corrected chi connectivity index (χ3v) is 5.45. The topological polar surface area (TPSA) is 49.8 Å².